The molecule has 9 heteroatoms. The highest BCUT2D eigenvalue weighted by atomic mass is 19.1. The molecule has 0 aromatic heterocycles. The van der Waals surface area contributed by atoms with Crippen molar-refractivity contribution in [2.75, 3.05) is 40.3 Å². The molecule has 2 heterocycles. The van der Waals surface area contributed by atoms with Gasteiger partial charge >= 0.3 is 6.03 Å². The molecule has 4 amide bonds. The summed E-state index contributed by atoms with van der Waals surface area (Å²) in [6.07, 6.45) is 4.04. The Kier molecular flexibility index (Phi) is 6.34. The monoisotopic (exact) mass is 441 g/mol. The van der Waals surface area contributed by atoms with Crippen LogP contribution in [0, 0.1) is 5.82 Å². The van der Waals surface area contributed by atoms with Crippen LogP contribution < -0.4 is 0 Å². The van der Waals surface area contributed by atoms with E-state index < -0.39 is 5.82 Å². The lowest BCUT2D eigenvalue weighted by atomic mass is 9.84. The number of azo groups is 1. The van der Waals surface area contributed by atoms with Crippen molar-refractivity contribution >= 4 is 17.8 Å². The molecule has 4 rings (SSSR count). The van der Waals surface area contributed by atoms with Gasteiger partial charge in [0.2, 0.25) is 0 Å². The van der Waals surface area contributed by atoms with Crippen LogP contribution in [0.2, 0.25) is 0 Å². The van der Waals surface area contributed by atoms with E-state index in [0.29, 0.717) is 32.6 Å². The first-order chi connectivity index (χ1) is 15.3. The van der Waals surface area contributed by atoms with Gasteiger partial charge in [-0.1, -0.05) is 6.07 Å². The van der Waals surface area contributed by atoms with Gasteiger partial charge < -0.3 is 14.7 Å². The average Bonchev–Trinajstić information content (AvgIpc) is 2.81. The lowest BCUT2D eigenvalue weighted by Crippen LogP contribution is -2.53. The van der Waals surface area contributed by atoms with E-state index >= 15 is 0 Å². The first-order valence-electron chi connectivity index (χ1n) is 11.1. The standard InChI is InChI=1S/C23H28FN5O3/c1-27(2)23(32)29-11-9-28(10-12-29)22(31)18-13-15(7-8-19(18)24)14-20-16-5-3-4-6-17(16)21(30)26-25-20/h7-8,13,20H,3-6,9-12,14H2,1-2H3. The second-order valence-electron chi connectivity index (χ2n) is 8.72. The molecule has 0 radical (unpaired) electrons. The predicted molar refractivity (Wildman–Crippen MR) is 116 cm³/mol. The Morgan fingerprint density at radius 3 is 2.50 bits per heavy atom. The third kappa shape index (κ3) is 4.42. The molecule has 2 aliphatic heterocycles. The lowest BCUT2D eigenvalue weighted by molar-refractivity contribution is -0.115. The number of halogens is 1. The molecule has 1 aromatic carbocycles. The third-order valence-electron chi connectivity index (χ3n) is 6.37. The van der Waals surface area contributed by atoms with E-state index in [9.17, 15) is 18.8 Å². The summed E-state index contributed by atoms with van der Waals surface area (Å²) in [6, 6.07) is 4.23. The fraction of sp³-hybridized carbons (Fsp3) is 0.522. The zero-order valence-corrected chi connectivity index (χ0v) is 18.5. The SMILES string of the molecule is CN(C)C(=O)N1CCN(C(=O)c2cc(CC3N=NC(=O)C4=C3CCCC4)ccc2F)CC1. The smallest absolute Gasteiger partial charge is 0.319 e. The van der Waals surface area contributed by atoms with Gasteiger partial charge in [-0.3, -0.25) is 9.59 Å². The van der Waals surface area contributed by atoms with Crippen LogP contribution in [0.1, 0.15) is 41.6 Å². The number of piperazine rings is 1. The zero-order chi connectivity index (χ0) is 22.8. The van der Waals surface area contributed by atoms with Crippen LogP contribution >= 0.6 is 0 Å². The summed E-state index contributed by atoms with van der Waals surface area (Å²) >= 11 is 0. The van der Waals surface area contributed by atoms with Crippen LogP contribution in [0.5, 0.6) is 0 Å². The van der Waals surface area contributed by atoms with Crippen molar-refractivity contribution in [2.24, 2.45) is 10.2 Å². The van der Waals surface area contributed by atoms with Crippen molar-refractivity contribution < 1.29 is 18.8 Å². The van der Waals surface area contributed by atoms with Gasteiger partial charge in [0.05, 0.1) is 11.6 Å². The lowest BCUT2D eigenvalue weighted by Gasteiger charge is -2.36. The van der Waals surface area contributed by atoms with Crippen molar-refractivity contribution in [3.63, 3.8) is 0 Å². The number of carbonyl (C=O) groups excluding carboxylic acids is 3. The topological polar surface area (TPSA) is 85.7 Å². The minimum atomic E-state index is -0.566. The van der Waals surface area contributed by atoms with Gasteiger partial charge in [0.25, 0.3) is 11.8 Å². The van der Waals surface area contributed by atoms with Gasteiger partial charge in [-0.15, -0.1) is 5.11 Å². The molecular formula is C23H28FN5O3. The first kappa shape index (κ1) is 22.1. The minimum Gasteiger partial charge on any atom is -0.335 e. The van der Waals surface area contributed by atoms with E-state index in [4.69, 9.17) is 0 Å². The molecular weight excluding hydrogens is 413 g/mol. The maximum Gasteiger partial charge on any atom is 0.319 e. The predicted octanol–water partition coefficient (Wildman–Crippen LogP) is 3.04. The van der Waals surface area contributed by atoms with Crippen LogP contribution in [0.3, 0.4) is 0 Å². The summed E-state index contributed by atoms with van der Waals surface area (Å²) in [5.41, 5.74) is 2.62. The molecule has 0 spiro atoms. The van der Waals surface area contributed by atoms with Gasteiger partial charge in [0, 0.05) is 52.3 Å². The summed E-state index contributed by atoms with van der Waals surface area (Å²) in [5.74, 6) is -1.18. The first-order valence-corrected chi connectivity index (χ1v) is 11.1. The Balaban J connectivity index is 1.47. The number of urea groups is 1. The van der Waals surface area contributed by atoms with E-state index in [0.717, 1.165) is 42.4 Å². The maximum atomic E-state index is 14.6. The van der Waals surface area contributed by atoms with Gasteiger partial charge in [-0.25, -0.2) is 9.18 Å². The fourth-order valence-electron chi connectivity index (χ4n) is 4.60. The van der Waals surface area contributed by atoms with Gasteiger partial charge in [0.15, 0.2) is 0 Å². The van der Waals surface area contributed by atoms with E-state index in [1.165, 1.54) is 11.0 Å². The number of amides is 4. The highest BCUT2D eigenvalue weighted by Crippen LogP contribution is 2.33. The van der Waals surface area contributed by atoms with Crippen molar-refractivity contribution in [1.82, 2.24) is 14.7 Å². The molecule has 32 heavy (non-hydrogen) atoms. The molecule has 1 aliphatic carbocycles. The van der Waals surface area contributed by atoms with Crippen molar-refractivity contribution in [3.05, 3.63) is 46.3 Å². The normalized spacial score (nSPS) is 21.0. The van der Waals surface area contributed by atoms with E-state index in [-0.39, 0.29) is 29.5 Å². The fourth-order valence-corrected chi connectivity index (χ4v) is 4.60. The third-order valence-corrected chi connectivity index (χ3v) is 6.37. The molecule has 170 valence electrons. The molecule has 3 aliphatic rings. The molecule has 0 bridgehead atoms. The Morgan fingerprint density at radius 1 is 1.09 bits per heavy atom. The van der Waals surface area contributed by atoms with Gasteiger partial charge in [0.1, 0.15) is 5.82 Å². The number of hydrogen-bond acceptors (Lipinski definition) is 4. The summed E-state index contributed by atoms with van der Waals surface area (Å²) < 4.78 is 14.6. The molecule has 8 nitrogen and oxygen atoms in total. The molecule has 1 saturated heterocycles. The molecule has 0 saturated carbocycles. The van der Waals surface area contributed by atoms with E-state index in [1.54, 1.807) is 36.0 Å². The molecule has 1 aromatic rings. The summed E-state index contributed by atoms with van der Waals surface area (Å²) in [6.45, 7) is 1.55. The molecule has 1 atom stereocenters. The number of benzene rings is 1. The van der Waals surface area contributed by atoms with E-state index in [2.05, 4.69) is 10.2 Å². The second-order valence-corrected chi connectivity index (χ2v) is 8.72. The zero-order valence-electron chi connectivity index (χ0n) is 18.5. The Bertz CT molecular complexity index is 995. The van der Waals surface area contributed by atoms with Crippen LogP contribution in [-0.4, -0.2) is 78.9 Å². The Morgan fingerprint density at radius 2 is 1.78 bits per heavy atom. The molecule has 1 fully saturated rings. The van der Waals surface area contributed by atoms with Gasteiger partial charge in [-0.2, -0.15) is 5.11 Å². The van der Waals surface area contributed by atoms with Crippen LogP contribution in [-0.2, 0) is 11.2 Å². The minimum absolute atomic E-state index is 0.0246. The molecule has 1 unspecified atom stereocenters. The number of rotatable bonds is 3. The second kappa shape index (κ2) is 9.18. The van der Waals surface area contributed by atoms with Gasteiger partial charge in [-0.05, 0) is 49.0 Å². The van der Waals surface area contributed by atoms with Crippen LogP contribution in [0.15, 0.2) is 39.6 Å². The Labute approximate surface area is 186 Å². The van der Waals surface area contributed by atoms with Crippen LogP contribution in [0.25, 0.3) is 0 Å². The van der Waals surface area contributed by atoms with Crippen molar-refractivity contribution in [3.8, 4) is 0 Å². The molecule has 0 N–H and O–H groups in total. The average molecular weight is 442 g/mol. The summed E-state index contributed by atoms with van der Waals surface area (Å²) in [4.78, 5) is 41.9. The summed E-state index contributed by atoms with van der Waals surface area (Å²) in [7, 11) is 3.38. The number of hydrogen-bond donors (Lipinski definition) is 0. The maximum absolute atomic E-state index is 14.6. The number of carbonyl (C=O) groups is 3. The quantitative estimate of drug-likeness (QED) is 0.723. The van der Waals surface area contributed by atoms with E-state index in [1.807, 2.05) is 0 Å². The van der Waals surface area contributed by atoms with Crippen molar-refractivity contribution in [2.45, 2.75) is 38.1 Å². The number of nitrogens with zero attached hydrogens (tertiary/aromatic N) is 5. The Hall–Kier alpha value is -3.10. The highest BCUT2D eigenvalue weighted by Gasteiger charge is 2.30. The highest BCUT2D eigenvalue weighted by molar-refractivity contribution is 5.96. The largest absolute Gasteiger partial charge is 0.335 e. The summed E-state index contributed by atoms with van der Waals surface area (Å²) in [5, 5.41) is 8.02. The van der Waals surface area contributed by atoms with Crippen molar-refractivity contribution in [1.29, 1.82) is 0 Å². The van der Waals surface area contributed by atoms with Crippen LogP contribution in [0.4, 0.5) is 9.18 Å².